The van der Waals surface area contributed by atoms with Gasteiger partial charge in [-0.1, -0.05) is 30.3 Å². The minimum absolute atomic E-state index is 0.0426. The highest BCUT2D eigenvalue weighted by molar-refractivity contribution is 5.55. The van der Waals surface area contributed by atoms with Crippen molar-refractivity contribution in [2.75, 3.05) is 0 Å². The van der Waals surface area contributed by atoms with Crippen molar-refractivity contribution < 1.29 is 8.78 Å². The summed E-state index contributed by atoms with van der Waals surface area (Å²) in [6.07, 6.45) is 7.99. The highest BCUT2D eigenvalue weighted by atomic mass is 19.1. The standard InChI is InChI=1S/C26H21F2N5/c1-18-11-23(17-29-16-18)33-25(30-26(31-33)20-12-21(27)14-22(28)13-20)15-24(32-9-5-6-10-32)19-7-3-2-4-8-19/h2-14,16-17,24H,15H2,1H3. The minimum Gasteiger partial charge on any atom is -0.346 e. The van der Waals surface area contributed by atoms with Crippen LogP contribution in [-0.2, 0) is 6.42 Å². The second-order valence-corrected chi connectivity index (χ2v) is 7.90. The fraction of sp³-hybridized carbons (Fsp3) is 0.115. The van der Waals surface area contributed by atoms with Crippen LogP contribution in [0.25, 0.3) is 17.1 Å². The molecular weight excluding hydrogens is 420 g/mol. The summed E-state index contributed by atoms with van der Waals surface area (Å²) < 4.78 is 31.6. The van der Waals surface area contributed by atoms with Crippen LogP contribution in [0.2, 0.25) is 0 Å². The molecule has 0 saturated carbocycles. The third-order valence-electron chi connectivity index (χ3n) is 5.45. The Morgan fingerprint density at radius 3 is 2.30 bits per heavy atom. The van der Waals surface area contributed by atoms with E-state index in [0.717, 1.165) is 22.9 Å². The van der Waals surface area contributed by atoms with Crippen LogP contribution >= 0.6 is 0 Å². The van der Waals surface area contributed by atoms with Gasteiger partial charge >= 0.3 is 0 Å². The molecule has 5 nitrogen and oxygen atoms in total. The van der Waals surface area contributed by atoms with E-state index >= 15 is 0 Å². The van der Waals surface area contributed by atoms with Crippen LogP contribution in [0.15, 0.2) is 91.5 Å². The monoisotopic (exact) mass is 441 g/mol. The predicted octanol–water partition coefficient (Wildman–Crippen LogP) is 5.55. The second kappa shape index (κ2) is 8.78. The lowest BCUT2D eigenvalue weighted by atomic mass is 10.0. The fourth-order valence-corrected chi connectivity index (χ4v) is 3.94. The van der Waals surface area contributed by atoms with Crippen molar-refractivity contribution in [2.24, 2.45) is 0 Å². The summed E-state index contributed by atoms with van der Waals surface area (Å²) in [6, 6.07) is 19.3. The van der Waals surface area contributed by atoms with E-state index in [-0.39, 0.29) is 17.4 Å². The molecule has 1 unspecified atom stereocenters. The molecule has 5 aromatic rings. The first-order valence-electron chi connectivity index (χ1n) is 10.6. The first kappa shape index (κ1) is 20.8. The maximum Gasteiger partial charge on any atom is 0.182 e. The van der Waals surface area contributed by atoms with Gasteiger partial charge in [0.2, 0.25) is 0 Å². The molecule has 2 aromatic carbocycles. The molecule has 0 saturated heterocycles. The SMILES string of the molecule is Cc1cncc(-n2nc(-c3cc(F)cc(F)c3)nc2CC(c2ccccc2)n2cccc2)c1. The van der Waals surface area contributed by atoms with E-state index in [0.29, 0.717) is 12.2 Å². The molecule has 1 atom stereocenters. The Morgan fingerprint density at radius 2 is 1.61 bits per heavy atom. The average Bonchev–Trinajstić information content (AvgIpc) is 3.48. The molecule has 33 heavy (non-hydrogen) atoms. The number of hydrogen-bond acceptors (Lipinski definition) is 3. The van der Waals surface area contributed by atoms with Gasteiger partial charge < -0.3 is 4.57 Å². The van der Waals surface area contributed by atoms with Crippen LogP contribution in [0.5, 0.6) is 0 Å². The van der Waals surface area contributed by atoms with Crippen LogP contribution in [-0.4, -0.2) is 24.3 Å². The van der Waals surface area contributed by atoms with E-state index in [1.165, 1.54) is 12.1 Å². The predicted molar refractivity (Wildman–Crippen MR) is 122 cm³/mol. The van der Waals surface area contributed by atoms with Gasteiger partial charge in [0.05, 0.1) is 17.9 Å². The molecule has 0 aliphatic carbocycles. The minimum atomic E-state index is -0.672. The van der Waals surface area contributed by atoms with Crippen molar-refractivity contribution >= 4 is 0 Å². The van der Waals surface area contributed by atoms with Gasteiger partial charge in [0.15, 0.2) is 5.82 Å². The maximum atomic E-state index is 13.9. The van der Waals surface area contributed by atoms with Crippen molar-refractivity contribution in [2.45, 2.75) is 19.4 Å². The number of pyridine rings is 1. The van der Waals surface area contributed by atoms with Crippen LogP contribution in [0, 0.1) is 18.6 Å². The zero-order chi connectivity index (χ0) is 22.8. The lowest BCUT2D eigenvalue weighted by molar-refractivity contribution is 0.558. The van der Waals surface area contributed by atoms with E-state index < -0.39 is 11.6 Å². The van der Waals surface area contributed by atoms with Crippen LogP contribution < -0.4 is 0 Å². The van der Waals surface area contributed by atoms with Crippen LogP contribution in [0.3, 0.4) is 0 Å². The Hall–Kier alpha value is -4.13. The summed E-state index contributed by atoms with van der Waals surface area (Å²) in [6.45, 7) is 1.95. The van der Waals surface area contributed by atoms with E-state index in [4.69, 9.17) is 4.98 Å². The van der Waals surface area contributed by atoms with Crippen LogP contribution in [0.1, 0.15) is 23.0 Å². The molecule has 5 rings (SSSR count). The van der Waals surface area contributed by atoms with Gasteiger partial charge in [0, 0.05) is 36.6 Å². The van der Waals surface area contributed by atoms with Crippen LogP contribution in [0.4, 0.5) is 8.78 Å². The Morgan fingerprint density at radius 1 is 0.879 bits per heavy atom. The van der Waals surface area contributed by atoms with Gasteiger partial charge in [0.25, 0.3) is 0 Å². The van der Waals surface area contributed by atoms with Gasteiger partial charge in [0.1, 0.15) is 17.5 Å². The van der Waals surface area contributed by atoms with Gasteiger partial charge in [-0.15, -0.1) is 5.10 Å². The maximum absolute atomic E-state index is 13.9. The zero-order valence-corrected chi connectivity index (χ0v) is 17.9. The van der Waals surface area contributed by atoms with E-state index in [1.54, 1.807) is 17.1 Å². The molecule has 164 valence electrons. The summed E-state index contributed by atoms with van der Waals surface area (Å²) >= 11 is 0. The van der Waals surface area contributed by atoms with Gasteiger partial charge in [-0.05, 0) is 48.4 Å². The second-order valence-electron chi connectivity index (χ2n) is 7.90. The van der Waals surface area contributed by atoms with E-state index in [2.05, 4.69) is 26.8 Å². The molecular formula is C26H21F2N5. The highest BCUT2D eigenvalue weighted by Gasteiger charge is 2.21. The highest BCUT2D eigenvalue weighted by Crippen LogP contribution is 2.26. The molecule has 0 fully saturated rings. The summed E-state index contributed by atoms with van der Waals surface area (Å²) in [7, 11) is 0. The molecule has 7 heteroatoms. The number of rotatable bonds is 6. The van der Waals surface area contributed by atoms with Crippen molar-refractivity contribution in [3.8, 4) is 17.1 Å². The number of hydrogen-bond donors (Lipinski definition) is 0. The molecule has 3 heterocycles. The largest absolute Gasteiger partial charge is 0.346 e. The Kier molecular flexibility index (Phi) is 5.52. The Bertz CT molecular complexity index is 1360. The first-order chi connectivity index (χ1) is 16.1. The molecule has 0 N–H and O–H groups in total. The molecule has 0 spiro atoms. The van der Waals surface area contributed by atoms with E-state index in [1.807, 2.05) is 55.7 Å². The number of halogens is 2. The zero-order valence-electron chi connectivity index (χ0n) is 17.9. The molecule has 0 radical (unpaired) electrons. The molecule has 0 aliphatic heterocycles. The normalized spacial score (nSPS) is 12.1. The summed E-state index contributed by atoms with van der Waals surface area (Å²) in [5.41, 5.74) is 3.10. The van der Waals surface area contributed by atoms with Gasteiger partial charge in [-0.2, -0.15) is 0 Å². The smallest absolute Gasteiger partial charge is 0.182 e. The molecule has 0 bridgehead atoms. The Labute approximate surface area is 190 Å². The van der Waals surface area contributed by atoms with Gasteiger partial charge in [-0.3, -0.25) is 4.98 Å². The van der Waals surface area contributed by atoms with E-state index in [9.17, 15) is 8.78 Å². The molecule has 3 aromatic heterocycles. The first-order valence-corrected chi connectivity index (χ1v) is 10.6. The third kappa shape index (κ3) is 4.43. The van der Waals surface area contributed by atoms with Crippen molar-refractivity contribution in [1.29, 1.82) is 0 Å². The number of nitrogens with zero attached hydrogens (tertiary/aromatic N) is 5. The fourth-order valence-electron chi connectivity index (χ4n) is 3.94. The summed E-state index contributed by atoms with van der Waals surface area (Å²) in [5, 5.41) is 4.63. The van der Waals surface area contributed by atoms with Gasteiger partial charge in [-0.25, -0.2) is 18.4 Å². The lowest BCUT2D eigenvalue weighted by Crippen LogP contribution is -2.15. The van der Waals surface area contributed by atoms with Crippen molar-refractivity contribution in [1.82, 2.24) is 24.3 Å². The lowest BCUT2D eigenvalue weighted by Gasteiger charge is -2.19. The molecule has 0 amide bonds. The molecule has 0 aliphatic rings. The summed E-state index contributed by atoms with van der Waals surface area (Å²) in [4.78, 5) is 9.01. The number of benzene rings is 2. The average molecular weight is 441 g/mol. The van der Waals surface area contributed by atoms with Crippen molar-refractivity contribution in [3.05, 3.63) is 120 Å². The Balaban J connectivity index is 1.64. The summed E-state index contributed by atoms with van der Waals surface area (Å²) in [5.74, 6) is -0.432. The van der Waals surface area contributed by atoms with Crippen molar-refractivity contribution in [3.63, 3.8) is 0 Å². The number of aromatic nitrogens is 5. The third-order valence-corrected chi connectivity index (χ3v) is 5.45. The quantitative estimate of drug-likeness (QED) is 0.347. The number of aryl methyl sites for hydroxylation is 1. The topological polar surface area (TPSA) is 48.5 Å².